The number of guanidine groups is 1. The van der Waals surface area contributed by atoms with Crippen LogP contribution in [0.2, 0.25) is 0 Å². The maximum Gasteiger partial charge on any atom is 0.193 e. The highest BCUT2D eigenvalue weighted by Crippen LogP contribution is 2.07. The standard InChI is InChI=1S/C12H19N3O2S/c1-10-4-6-11(7-5-10)15-12(13)14-8-3-9-18(2,16)17/h4-7H,3,8-9H2,1-2H3,(H3,13,14,15). The first-order valence-corrected chi connectivity index (χ1v) is 7.74. The number of benzene rings is 1. The SMILES string of the molecule is Cc1ccc(NC(N)=NCCCS(C)(=O)=O)cc1. The number of hydrogen-bond donors (Lipinski definition) is 2. The summed E-state index contributed by atoms with van der Waals surface area (Å²) < 4.78 is 21.8. The molecule has 6 heteroatoms. The van der Waals surface area contributed by atoms with Gasteiger partial charge in [-0.25, -0.2) is 8.42 Å². The summed E-state index contributed by atoms with van der Waals surface area (Å²) in [7, 11) is -2.92. The Labute approximate surface area is 108 Å². The van der Waals surface area contributed by atoms with Crippen molar-refractivity contribution in [3.05, 3.63) is 29.8 Å². The van der Waals surface area contributed by atoms with Gasteiger partial charge >= 0.3 is 0 Å². The van der Waals surface area contributed by atoms with Crippen molar-refractivity contribution in [1.29, 1.82) is 0 Å². The van der Waals surface area contributed by atoms with E-state index in [4.69, 9.17) is 5.73 Å². The third-order valence-corrected chi connectivity index (χ3v) is 3.31. The number of nitrogens with zero attached hydrogens (tertiary/aromatic N) is 1. The van der Waals surface area contributed by atoms with Crippen molar-refractivity contribution < 1.29 is 8.42 Å². The number of hydrogen-bond acceptors (Lipinski definition) is 3. The Hall–Kier alpha value is -1.56. The molecule has 0 aliphatic carbocycles. The van der Waals surface area contributed by atoms with Crippen LogP contribution >= 0.6 is 0 Å². The molecule has 0 spiro atoms. The van der Waals surface area contributed by atoms with Gasteiger partial charge in [0.25, 0.3) is 0 Å². The van der Waals surface area contributed by atoms with Gasteiger partial charge < -0.3 is 11.1 Å². The van der Waals surface area contributed by atoms with Crippen LogP contribution < -0.4 is 11.1 Å². The quantitative estimate of drug-likeness (QED) is 0.477. The number of nitrogens with one attached hydrogen (secondary N) is 1. The topological polar surface area (TPSA) is 84.5 Å². The van der Waals surface area contributed by atoms with Crippen LogP contribution in [0.4, 0.5) is 5.69 Å². The van der Waals surface area contributed by atoms with Crippen LogP contribution in [-0.2, 0) is 9.84 Å². The second kappa shape index (κ2) is 6.39. The normalized spacial score (nSPS) is 12.4. The molecule has 0 saturated heterocycles. The maximum atomic E-state index is 10.9. The van der Waals surface area contributed by atoms with E-state index in [2.05, 4.69) is 10.3 Å². The molecule has 0 fully saturated rings. The average molecular weight is 269 g/mol. The lowest BCUT2D eigenvalue weighted by Gasteiger charge is -2.05. The third kappa shape index (κ3) is 6.24. The van der Waals surface area contributed by atoms with Gasteiger partial charge in [0, 0.05) is 18.5 Å². The van der Waals surface area contributed by atoms with Crippen molar-refractivity contribution in [2.45, 2.75) is 13.3 Å². The Bertz CT molecular complexity index is 507. The fourth-order valence-corrected chi connectivity index (χ4v) is 2.00. The average Bonchev–Trinajstić information content (AvgIpc) is 2.26. The highest BCUT2D eigenvalue weighted by atomic mass is 32.2. The lowest BCUT2D eigenvalue weighted by Crippen LogP contribution is -2.23. The monoisotopic (exact) mass is 269 g/mol. The zero-order chi connectivity index (χ0) is 13.6. The van der Waals surface area contributed by atoms with E-state index < -0.39 is 9.84 Å². The van der Waals surface area contributed by atoms with Gasteiger partial charge in [-0.05, 0) is 25.5 Å². The lowest BCUT2D eigenvalue weighted by molar-refractivity contribution is 0.599. The zero-order valence-corrected chi connectivity index (χ0v) is 11.5. The van der Waals surface area contributed by atoms with E-state index in [1.165, 1.54) is 11.8 Å². The molecule has 0 saturated carbocycles. The number of rotatable bonds is 5. The summed E-state index contributed by atoms with van der Waals surface area (Å²) >= 11 is 0. The number of sulfone groups is 1. The number of anilines is 1. The van der Waals surface area contributed by atoms with E-state index in [1.54, 1.807) is 0 Å². The van der Waals surface area contributed by atoms with Crippen molar-refractivity contribution >= 4 is 21.5 Å². The fraction of sp³-hybridized carbons (Fsp3) is 0.417. The zero-order valence-electron chi connectivity index (χ0n) is 10.7. The summed E-state index contributed by atoms with van der Waals surface area (Å²) in [5, 5.41) is 2.95. The van der Waals surface area contributed by atoms with E-state index in [-0.39, 0.29) is 5.75 Å². The minimum Gasteiger partial charge on any atom is -0.370 e. The van der Waals surface area contributed by atoms with Crippen molar-refractivity contribution in [2.24, 2.45) is 10.7 Å². The molecule has 0 aromatic heterocycles. The van der Waals surface area contributed by atoms with Crippen LogP contribution in [0.1, 0.15) is 12.0 Å². The summed E-state index contributed by atoms with van der Waals surface area (Å²) in [4.78, 5) is 4.06. The van der Waals surface area contributed by atoms with E-state index >= 15 is 0 Å². The van der Waals surface area contributed by atoms with Crippen LogP contribution in [0.3, 0.4) is 0 Å². The molecule has 5 nitrogen and oxygen atoms in total. The molecular weight excluding hydrogens is 250 g/mol. The van der Waals surface area contributed by atoms with E-state index in [0.29, 0.717) is 18.9 Å². The first-order chi connectivity index (χ1) is 8.37. The first-order valence-electron chi connectivity index (χ1n) is 5.68. The van der Waals surface area contributed by atoms with E-state index in [9.17, 15) is 8.42 Å². The second-order valence-electron chi connectivity index (χ2n) is 4.24. The van der Waals surface area contributed by atoms with E-state index in [0.717, 1.165) is 5.69 Å². The molecule has 3 N–H and O–H groups in total. The summed E-state index contributed by atoms with van der Waals surface area (Å²) in [6.45, 7) is 2.41. The summed E-state index contributed by atoms with van der Waals surface area (Å²) in [6.07, 6.45) is 1.69. The Kier molecular flexibility index (Phi) is 5.15. The molecule has 0 amide bonds. The third-order valence-electron chi connectivity index (χ3n) is 2.28. The first kappa shape index (κ1) is 14.5. The van der Waals surface area contributed by atoms with Gasteiger partial charge in [0.15, 0.2) is 5.96 Å². The van der Waals surface area contributed by atoms with Crippen molar-refractivity contribution in [3.8, 4) is 0 Å². The highest BCUT2D eigenvalue weighted by Gasteiger charge is 2.00. The molecule has 18 heavy (non-hydrogen) atoms. The molecule has 0 aliphatic rings. The summed E-state index contributed by atoms with van der Waals surface area (Å²) in [5.41, 5.74) is 7.72. The van der Waals surface area contributed by atoms with Crippen molar-refractivity contribution in [3.63, 3.8) is 0 Å². The van der Waals surface area contributed by atoms with Crippen LogP contribution in [0, 0.1) is 6.92 Å². The van der Waals surface area contributed by atoms with Gasteiger partial charge in [0.05, 0.1) is 5.75 Å². The van der Waals surface area contributed by atoms with Crippen LogP contribution in [-0.4, -0.2) is 32.9 Å². The van der Waals surface area contributed by atoms with Crippen LogP contribution in [0.25, 0.3) is 0 Å². The second-order valence-corrected chi connectivity index (χ2v) is 6.50. The molecule has 1 rings (SSSR count). The van der Waals surface area contributed by atoms with Gasteiger partial charge in [-0.15, -0.1) is 0 Å². The fourth-order valence-electron chi connectivity index (χ4n) is 1.35. The number of nitrogens with two attached hydrogens (primary N) is 1. The van der Waals surface area contributed by atoms with Crippen molar-refractivity contribution in [1.82, 2.24) is 0 Å². The largest absolute Gasteiger partial charge is 0.370 e. The molecule has 0 unspecified atom stereocenters. The minimum absolute atomic E-state index is 0.133. The van der Waals surface area contributed by atoms with Crippen molar-refractivity contribution in [2.75, 3.05) is 23.9 Å². The van der Waals surface area contributed by atoms with Gasteiger partial charge in [0.2, 0.25) is 0 Å². The molecule has 0 aliphatic heterocycles. The van der Waals surface area contributed by atoms with Crippen LogP contribution in [0.15, 0.2) is 29.3 Å². The molecule has 100 valence electrons. The van der Waals surface area contributed by atoms with Gasteiger partial charge in [-0.1, -0.05) is 17.7 Å². The summed E-state index contributed by atoms with van der Waals surface area (Å²) in [6, 6.07) is 7.76. The molecule has 1 aromatic carbocycles. The summed E-state index contributed by atoms with van der Waals surface area (Å²) in [5.74, 6) is 0.432. The molecule has 0 heterocycles. The lowest BCUT2D eigenvalue weighted by atomic mass is 10.2. The van der Waals surface area contributed by atoms with Gasteiger partial charge in [-0.2, -0.15) is 0 Å². The molecule has 0 radical (unpaired) electrons. The Balaban J connectivity index is 2.40. The highest BCUT2D eigenvalue weighted by molar-refractivity contribution is 7.90. The Morgan fingerprint density at radius 1 is 1.33 bits per heavy atom. The van der Waals surface area contributed by atoms with Crippen LogP contribution in [0.5, 0.6) is 0 Å². The Morgan fingerprint density at radius 3 is 2.50 bits per heavy atom. The minimum atomic E-state index is -2.92. The predicted molar refractivity (Wildman–Crippen MR) is 75.6 cm³/mol. The van der Waals surface area contributed by atoms with Gasteiger partial charge in [0.1, 0.15) is 9.84 Å². The van der Waals surface area contributed by atoms with Gasteiger partial charge in [-0.3, -0.25) is 4.99 Å². The molecule has 0 bridgehead atoms. The molecular formula is C12H19N3O2S. The maximum absolute atomic E-state index is 10.9. The number of aliphatic imine (C=N–C) groups is 1. The predicted octanol–water partition coefficient (Wildman–Crippen LogP) is 1.16. The molecule has 1 aromatic rings. The molecule has 0 atom stereocenters. The smallest absolute Gasteiger partial charge is 0.193 e. The Morgan fingerprint density at radius 2 is 1.94 bits per heavy atom. The van der Waals surface area contributed by atoms with E-state index in [1.807, 2.05) is 31.2 Å². The number of aryl methyl sites for hydroxylation is 1.